The van der Waals surface area contributed by atoms with Crippen molar-refractivity contribution in [3.63, 3.8) is 0 Å². The van der Waals surface area contributed by atoms with Crippen LogP contribution >= 0.6 is 24.0 Å². The van der Waals surface area contributed by atoms with E-state index in [2.05, 4.69) is 48.3 Å². The van der Waals surface area contributed by atoms with E-state index in [1.807, 2.05) is 32.2 Å². The molecule has 0 fully saturated rings. The first-order valence-electron chi connectivity index (χ1n) is 8.08. The monoisotopic (exact) mass is 434 g/mol. The smallest absolute Gasteiger partial charge is 0.213 e. The van der Waals surface area contributed by atoms with Crippen LogP contribution in [0.4, 0.5) is 0 Å². The Morgan fingerprint density at radius 3 is 2.39 bits per heavy atom. The molecule has 0 aromatic carbocycles. The third-order valence-corrected chi connectivity index (χ3v) is 3.28. The van der Waals surface area contributed by atoms with Gasteiger partial charge in [0.15, 0.2) is 5.96 Å². The minimum Gasteiger partial charge on any atom is -0.475 e. The molecule has 23 heavy (non-hydrogen) atoms. The van der Waals surface area contributed by atoms with Gasteiger partial charge in [0.2, 0.25) is 5.88 Å². The Balaban J connectivity index is 0.00000484. The van der Waals surface area contributed by atoms with Gasteiger partial charge in [0.25, 0.3) is 0 Å². The molecule has 0 spiro atoms. The van der Waals surface area contributed by atoms with Crippen LogP contribution in [0.25, 0.3) is 0 Å². The number of pyridine rings is 1. The Kier molecular flexibility index (Phi) is 11.0. The molecule has 1 aromatic heterocycles. The quantitative estimate of drug-likeness (QED) is 0.391. The van der Waals surface area contributed by atoms with Crippen LogP contribution in [-0.4, -0.2) is 29.6 Å². The molecule has 1 rings (SSSR count). The van der Waals surface area contributed by atoms with Crippen molar-refractivity contribution in [1.82, 2.24) is 15.6 Å². The van der Waals surface area contributed by atoms with Gasteiger partial charge in [0, 0.05) is 24.8 Å². The number of nitrogens with one attached hydrogen (secondary N) is 2. The van der Waals surface area contributed by atoms with E-state index < -0.39 is 0 Å². The lowest BCUT2D eigenvalue weighted by atomic mass is 10.1. The van der Waals surface area contributed by atoms with E-state index in [1.54, 1.807) is 0 Å². The second-order valence-corrected chi connectivity index (χ2v) is 6.04. The molecule has 0 saturated carbocycles. The summed E-state index contributed by atoms with van der Waals surface area (Å²) in [5.41, 5.74) is 1.06. The van der Waals surface area contributed by atoms with Crippen molar-refractivity contribution in [2.24, 2.45) is 10.9 Å². The highest BCUT2D eigenvalue weighted by atomic mass is 127. The number of rotatable bonds is 7. The molecule has 6 heteroatoms. The van der Waals surface area contributed by atoms with Gasteiger partial charge in [0.1, 0.15) is 0 Å². The first kappa shape index (κ1) is 21.9. The zero-order valence-corrected chi connectivity index (χ0v) is 17.4. The Labute approximate surface area is 157 Å². The highest BCUT2D eigenvalue weighted by molar-refractivity contribution is 14.0. The molecular formula is C17H31IN4O. The molecule has 0 aliphatic heterocycles. The first-order valence-corrected chi connectivity index (χ1v) is 8.08. The van der Waals surface area contributed by atoms with Crippen LogP contribution < -0.4 is 15.4 Å². The average Bonchev–Trinajstić information content (AvgIpc) is 2.45. The normalized spacial score (nSPS) is 12.8. The number of nitrogens with zero attached hydrogens (tertiary/aromatic N) is 2. The summed E-state index contributed by atoms with van der Waals surface area (Å²) in [6.07, 6.45) is 1.95. The standard InChI is InChI=1S/C17H30N4O.HI/c1-7-18-17(21-14(6)12(2)3)20-11-15-8-9-16(19-10-15)22-13(4)5;/h8-10,12-14H,7,11H2,1-6H3,(H2,18,20,21);1H. The van der Waals surface area contributed by atoms with E-state index in [1.165, 1.54) is 0 Å². The first-order chi connectivity index (χ1) is 10.4. The van der Waals surface area contributed by atoms with Gasteiger partial charge in [-0.15, -0.1) is 24.0 Å². The van der Waals surface area contributed by atoms with E-state index in [4.69, 9.17) is 4.74 Å². The number of guanidine groups is 1. The molecule has 0 saturated heterocycles. The largest absolute Gasteiger partial charge is 0.475 e. The molecule has 2 N–H and O–H groups in total. The van der Waals surface area contributed by atoms with Crippen LogP contribution in [0.2, 0.25) is 0 Å². The second-order valence-electron chi connectivity index (χ2n) is 6.04. The van der Waals surface area contributed by atoms with E-state index in [-0.39, 0.29) is 30.1 Å². The van der Waals surface area contributed by atoms with Crippen molar-refractivity contribution in [3.8, 4) is 5.88 Å². The van der Waals surface area contributed by atoms with E-state index >= 15 is 0 Å². The molecule has 0 aliphatic carbocycles. The summed E-state index contributed by atoms with van der Waals surface area (Å²) in [4.78, 5) is 8.91. The second kappa shape index (κ2) is 11.5. The Morgan fingerprint density at radius 1 is 1.22 bits per heavy atom. The molecule has 132 valence electrons. The maximum Gasteiger partial charge on any atom is 0.213 e. The number of aliphatic imine (C=N–C) groups is 1. The molecule has 0 aliphatic rings. The minimum absolute atomic E-state index is 0. The Bertz CT molecular complexity index is 460. The maximum absolute atomic E-state index is 5.54. The van der Waals surface area contributed by atoms with E-state index in [0.29, 0.717) is 24.4 Å². The highest BCUT2D eigenvalue weighted by Gasteiger charge is 2.08. The van der Waals surface area contributed by atoms with E-state index in [0.717, 1.165) is 18.1 Å². The third kappa shape index (κ3) is 8.98. The zero-order valence-electron chi connectivity index (χ0n) is 15.1. The highest BCUT2D eigenvalue weighted by Crippen LogP contribution is 2.10. The number of hydrogen-bond donors (Lipinski definition) is 2. The fraction of sp³-hybridized carbons (Fsp3) is 0.647. The van der Waals surface area contributed by atoms with Gasteiger partial charge < -0.3 is 15.4 Å². The molecule has 0 bridgehead atoms. The van der Waals surface area contributed by atoms with Crippen molar-refractivity contribution in [3.05, 3.63) is 23.9 Å². The molecule has 1 atom stereocenters. The van der Waals surface area contributed by atoms with Crippen LogP contribution in [-0.2, 0) is 6.54 Å². The Morgan fingerprint density at radius 2 is 1.91 bits per heavy atom. The summed E-state index contributed by atoms with van der Waals surface area (Å²) in [6, 6.07) is 4.27. The molecule has 1 heterocycles. The van der Waals surface area contributed by atoms with Gasteiger partial charge in [-0.25, -0.2) is 9.98 Å². The fourth-order valence-corrected chi connectivity index (χ4v) is 1.69. The predicted octanol–water partition coefficient (Wildman–Crippen LogP) is 3.59. The SMILES string of the molecule is CCNC(=NCc1ccc(OC(C)C)nc1)NC(C)C(C)C.I. The van der Waals surface area contributed by atoms with Crippen LogP contribution in [0.5, 0.6) is 5.88 Å². The summed E-state index contributed by atoms with van der Waals surface area (Å²) < 4.78 is 5.54. The number of hydrogen-bond acceptors (Lipinski definition) is 3. The van der Waals surface area contributed by atoms with E-state index in [9.17, 15) is 0 Å². The molecule has 0 amide bonds. The lowest BCUT2D eigenvalue weighted by Gasteiger charge is -2.20. The molecule has 5 nitrogen and oxygen atoms in total. The summed E-state index contributed by atoms with van der Waals surface area (Å²) >= 11 is 0. The third-order valence-electron chi connectivity index (χ3n) is 3.28. The topological polar surface area (TPSA) is 58.5 Å². The van der Waals surface area contributed by atoms with Crippen molar-refractivity contribution < 1.29 is 4.74 Å². The summed E-state index contributed by atoms with van der Waals surface area (Å²) in [5.74, 6) is 2.05. The molecule has 1 aromatic rings. The fourth-order valence-electron chi connectivity index (χ4n) is 1.69. The van der Waals surface area contributed by atoms with Crippen molar-refractivity contribution >= 4 is 29.9 Å². The zero-order chi connectivity index (χ0) is 16.5. The van der Waals surface area contributed by atoms with Gasteiger partial charge in [-0.1, -0.05) is 19.9 Å². The van der Waals surface area contributed by atoms with Gasteiger partial charge >= 0.3 is 0 Å². The van der Waals surface area contributed by atoms with Crippen LogP contribution in [0.15, 0.2) is 23.3 Å². The predicted molar refractivity (Wildman–Crippen MR) is 108 cm³/mol. The average molecular weight is 434 g/mol. The minimum atomic E-state index is 0. The summed E-state index contributed by atoms with van der Waals surface area (Å²) in [6.45, 7) is 14.0. The molecule has 1 unspecified atom stereocenters. The van der Waals surface area contributed by atoms with Crippen LogP contribution in [0.3, 0.4) is 0 Å². The van der Waals surface area contributed by atoms with Crippen molar-refractivity contribution in [2.45, 2.75) is 60.2 Å². The Hall–Kier alpha value is -1.05. The number of aromatic nitrogens is 1. The lowest BCUT2D eigenvalue weighted by molar-refractivity contribution is 0.232. The summed E-state index contributed by atoms with van der Waals surface area (Å²) in [7, 11) is 0. The van der Waals surface area contributed by atoms with Crippen molar-refractivity contribution in [1.29, 1.82) is 0 Å². The molecular weight excluding hydrogens is 403 g/mol. The van der Waals surface area contributed by atoms with Crippen LogP contribution in [0.1, 0.15) is 47.1 Å². The number of ether oxygens (including phenoxy) is 1. The van der Waals surface area contributed by atoms with Gasteiger partial charge in [-0.3, -0.25) is 0 Å². The maximum atomic E-state index is 5.54. The number of halogens is 1. The van der Waals surface area contributed by atoms with Crippen LogP contribution in [0, 0.1) is 5.92 Å². The van der Waals surface area contributed by atoms with Gasteiger partial charge in [-0.05, 0) is 39.2 Å². The van der Waals surface area contributed by atoms with Gasteiger partial charge in [0.05, 0.1) is 12.6 Å². The van der Waals surface area contributed by atoms with Gasteiger partial charge in [-0.2, -0.15) is 0 Å². The van der Waals surface area contributed by atoms with Crippen molar-refractivity contribution in [2.75, 3.05) is 6.54 Å². The molecule has 0 radical (unpaired) electrons. The lowest BCUT2D eigenvalue weighted by Crippen LogP contribution is -2.44. The summed E-state index contributed by atoms with van der Waals surface area (Å²) in [5, 5.41) is 6.69.